The first-order chi connectivity index (χ1) is 7.75. The van der Waals surface area contributed by atoms with Crippen molar-refractivity contribution in [1.29, 1.82) is 0 Å². The average molecular weight is 225 g/mol. The van der Waals surface area contributed by atoms with Crippen LogP contribution in [0.2, 0.25) is 0 Å². The number of carbonyl (C=O) groups excluding carboxylic acids is 1. The lowest BCUT2D eigenvalue weighted by Crippen LogP contribution is -2.48. The average Bonchev–Trinajstić information content (AvgIpc) is 2.33. The zero-order chi connectivity index (χ0) is 11.4. The Balaban J connectivity index is 1.73. The lowest BCUT2D eigenvalue weighted by atomic mass is 9.97. The highest BCUT2D eigenvalue weighted by Crippen LogP contribution is 2.13. The second kappa shape index (κ2) is 5.64. The number of carbonyl (C=O) groups is 1. The van der Waals surface area contributed by atoms with E-state index in [1.165, 1.54) is 0 Å². The van der Waals surface area contributed by atoms with Gasteiger partial charge in [-0.2, -0.15) is 0 Å². The molecule has 0 bridgehead atoms. The molecule has 2 rings (SSSR count). The number of piperidine rings is 2. The second-order valence-corrected chi connectivity index (χ2v) is 5.13. The number of amides is 1. The van der Waals surface area contributed by atoms with Crippen LogP contribution in [-0.4, -0.2) is 50.1 Å². The van der Waals surface area contributed by atoms with E-state index in [0.29, 0.717) is 6.04 Å². The number of hydrogen-bond acceptors (Lipinski definition) is 3. The smallest absolute Gasteiger partial charge is 0.224 e. The highest BCUT2D eigenvalue weighted by atomic mass is 16.2. The highest BCUT2D eigenvalue weighted by Gasteiger charge is 2.24. The molecule has 2 saturated heterocycles. The molecule has 2 aliphatic heterocycles. The normalized spacial score (nSPS) is 28.9. The van der Waals surface area contributed by atoms with Crippen LogP contribution in [0.3, 0.4) is 0 Å². The molecule has 0 spiro atoms. The van der Waals surface area contributed by atoms with Crippen LogP contribution in [0.15, 0.2) is 0 Å². The number of hydrogen-bond donors (Lipinski definition) is 2. The van der Waals surface area contributed by atoms with Gasteiger partial charge in [0.2, 0.25) is 5.91 Å². The van der Waals surface area contributed by atoms with Crippen LogP contribution in [0, 0.1) is 5.92 Å². The summed E-state index contributed by atoms with van der Waals surface area (Å²) >= 11 is 0. The van der Waals surface area contributed by atoms with E-state index in [0.717, 1.165) is 51.9 Å². The summed E-state index contributed by atoms with van der Waals surface area (Å²) in [4.78, 5) is 14.3. The molecule has 2 fully saturated rings. The van der Waals surface area contributed by atoms with Crippen LogP contribution in [-0.2, 0) is 4.79 Å². The molecule has 0 aromatic carbocycles. The maximum Gasteiger partial charge on any atom is 0.224 e. The Kier molecular flexibility index (Phi) is 4.18. The van der Waals surface area contributed by atoms with E-state index in [1.807, 2.05) is 0 Å². The summed E-state index contributed by atoms with van der Waals surface area (Å²) in [6, 6.07) is 0.408. The first-order valence-corrected chi connectivity index (χ1v) is 6.45. The molecule has 0 radical (unpaired) electrons. The Morgan fingerprint density at radius 2 is 2.06 bits per heavy atom. The van der Waals surface area contributed by atoms with Gasteiger partial charge in [0.1, 0.15) is 0 Å². The summed E-state index contributed by atoms with van der Waals surface area (Å²) in [5.41, 5.74) is 0. The third kappa shape index (κ3) is 3.19. The molecular formula is C12H23N3O. The van der Waals surface area contributed by atoms with E-state index >= 15 is 0 Å². The molecule has 2 N–H and O–H groups in total. The van der Waals surface area contributed by atoms with E-state index in [1.54, 1.807) is 0 Å². The maximum atomic E-state index is 12.0. The van der Waals surface area contributed by atoms with Gasteiger partial charge in [-0.1, -0.05) is 0 Å². The molecule has 4 nitrogen and oxygen atoms in total. The number of nitrogens with zero attached hydrogens (tertiary/aromatic N) is 1. The molecule has 1 atom stereocenters. The molecule has 0 aromatic heterocycles. The van der Waals surface area contributed by atoms with Gasteiger partial charge in [-0.25, -0.2) is 0 Å². The largest absolute Gasteiger partial charge is 0.353 e. The van der Waals surface area contributed by atoms with Crippen LogP contribution in [0.1, 0.15) is 25.7 Å². The zero-order valence-electron chi connectivity index (χ0n) is 10.2. The molecule has 1 amide bonds. The van der Waals surface area contributed by atoms with Gasteiger partial charge in [-0.3, -0.25) is 4.79 Å². The van der Waals surface area contributed by atoms with Crippen molar-refractivity contribution in [2.45, 2.75) is 31.7 Å². The Hall–Kier alpha value is -0.610. The van der Waals surface area contributed by atoms with Crippen molar-refractivity contribution in [3.05, 3.63) is 0 Å². The van der Waals surface area contributed by atoms with Gasteiger partial charge in [-0.15, -0.1) is 0 Å². The highest BCUT2D eigenvalue weighted by molar-refractivity contribution is 5.79. The van der Waals surface area contributed by atoms with E-state index in [2.05, 4.69) is 22.6 Å². The lowest BCUT2D eigenvalue weighted by molar-refractivity contribution is -0.126. The number of likely N-dealkylation sites (tertiary alicyclic amines) is 1. The number of rotatable bonds is 2. The monoisotopic (exact) mass is 225 g/mol. The predicted molar refractivity (Wildman–Crippen MR) is 64.3 cm³/mol. The Morgan fingerprint density at radius 3 is 2.69 bits per heavy atom. The van der Waals surface area contributed by atoms with Gasteiger partial charge in [0, 0.05) is 12.6 Å². The summed E-state index contributed by atoms with van der Waals surface area (Å²) < 4.78 is 0. The van der Waals surface area contributed by atoms with Crippen molar-refractivity contribution in [1.82, 2.24) is 15.5 Å². The fourth-order valence-corrected chi connectivity index (χ4v) is 2.55. The molecule has 2 aliphatic rings. The third-order valence-electron chi connectivity index (χ3n) is 3.73. The second-order valence-electron chi connectivity index (χ2n) is 5.13. The van der Waals surface area contributed by atoms with Crippen LogP contribution < -0.4 is 10.6 Å². The third-order valence-corrected chi connectivity index (χ3v) is 3.73. The lowest BCUT2D eigenvalue weighted by Gasteiger charge is -2.31. The molecule has 92 valence electrons. The first-order valence-electron chi connectivity index (χ1n) is 6.45. The summed E-state index contributed by atoms with van der Waals surface area (Å²) in [5.74, 6) is 0.468. The topological polar surface area (TPSA) is 44.4 Å². The SMILES string of the molecule is CN1CCC(NC(=O)[C@@H]2CCCNC2)CC1. The van der Waals surface area contributed by atoms with E-state index < -0.39 is 0 Å². The summed E-state index contributed by atoms with van der Waals surface area (Å²) in [7, 11) is 2.14. The van der Waals surface area contributed by atoms with Crippen molar-refractivity contribution >= 4 is 5.91 Å². The van der Waals surface area contributed by atoms with Gasteiger partial charge in [0.15, 0.2) is 0 Å². The first kappa shape index (κ1) is 11.9. The van der Waals surface area contributed by atoms with Crippen molar-refractivity contribution in [2.24, 2.45) is 5.92 Å². The van der Waals surface area contributed by atoms with Crippen LogP contribution in [0.5, 0.6) is 0 Å². The zero-order valence-corrected chi connectivity index (χ0v) is 10.2. The molecular weight excluding hydrogens is 202 g/mol. The minimum atomic E-state index is 0.202. The predicted octanol–water partition coefficient (Wildman–Crippen LogP) is 0.196. The van der Waals surface area contributed by atoms with Crippen molar-refractivity contribution in [3.63, 3.8) is 0 Å². The molecule has 0 aromatic rings. The van der Waals surface area contributed by atoms with Gasteiger partial charge in [-0.05, 0) is 52.4 Å². The molecule has 0 saturated carbocycles. The molecule has 0 aliphatic carbocycles. The van der Waals surface area contributed by atoms with Crippen LogP contribution in [0.25, 0.3) is 0 Å². The summed E-state index contributed by atoms with van der Waals surface area (Å²) in [6.45, 7) is 4.14. The van der Waals surface area contributed by atoms with Crippen LogP contribution in [0.4, 0.5) is 0 Å². The van der Waals surface area contributed by atoms with E-state index in [4.69, 9.17) is 0 Å². The minimum absolute atomic E-state index is 0.202. The van der Waals surface area contributed by atoms with E-state index in [-0.39, 0.29) is 11.8 Å². The fourth-order valence-electron chi connectivity index (χ4n) is 2.55. The minimum Gasteiger partial charge on any atom is -0.353 e. The standard InChI is InChI=1S/C12H23N3O/c1-15-7-4-11(5-8-15)14-12(16)10-3-2-6-13-9-10/h10-11,13H,2-9H2,1H3,(H,14,16)/t10-/m1/s1. The van der Waals surface area contributed by atoms with Gasteiger partial charge >= 0.3 is 0 Å². The Bertz CT molecular complexity index is 230. The van der Waals surface area contributed by atoms with Gasteiger partial charge < -0.3 is 15.5 Å². The van der Waals surface area contributed by atoms with Crippen molar-refractivity contribution in [3.8, 4) is 0 Å². The van der Waals surface area contributed by atoms with Crippen molar-refractivity contribution in [2.75, 3.05) is 33.2 Å². The summed E-state index contributed by atoms with van der Waals surface area (Å²) in [6.07, 6.45) is 4.38. The summed E-state index contributed by atoms with van der Waals surface area (Å²) in [5, 5.41) is 6.49. The van der Waals surface area contributed by atoms with Gasteiger partial charge in [0.05, 0.1) is 5.92 Å². The Morgan fingerprint density at radius 1 is 1.31 bits per heavy atom. The fraction of sp³-hybridized carbons (Fsp3) is 0.917. The van der Waals surface area contributed by atoms with Crippen molar-refractivity contribution < 1.29 is 4.79 Å². The molecule has 0 unspecified atom stereocenters. The van der Waals surface area contributed by atoms with Crippen LogP contribution >= 0.6 is 0 Å². The molecule has 4 heteroatoms. The molecule has 16 heavy (non-hydrogen) atoms. The number of nitrogens with one attached hydrogen (secondary N) is 2. The quantitative estimate of drug-likeness (QED) is 0.705. The molecule has 2 heterocycles. The maximum absolute atomic E-state index is 12.0. The van der Waals surface area contributed by atoms with E-state index in [9.17, 15) is 4.79 Å². The van der Waals surface area contributed by atoms with Gasteiger partial charge in [0.25, 0.3) is 0 Å². The Labute approximate surface area is 97.8 Å².